The van der Waals surface area contributed by atoms with Gasteiger partial charge >= 0.3 is 0 Å². The molecule has 0 fully saturated rings. The molecule has 2 aromatic carbocycles. The van der Waals surface area contributed by atoms with Crippen LogP contribution in [0.2, 0.25) is 0 Å². The number of para-hydroxylation sites is 1. The third kappa shape index (κ3) is 2.54. The van der Waals surface area contributed by atoms with Crippen molar-refractivity contribution in [3.8, 4) is 23.0 Å². The van der Waals surface area contributed by atoms with Gasteiger partial charge in [0.15, 0.2) is 5.69 Å². The van der Waals surface area contributed by atoms with Crippen molar-refractivity contribution >= 4 is 10.9 Å². The van der Waals surface area contributed by atoms with Gasteiger partial charge in [-0.1, -0.05) is 18.2 Å². The van der Waals surface area contributed by atoms with E-state index in [1.807, 2.05) is 30.3 Å². The van der Waals surface area contributed by atoms with E-state index in [9.17, 15) is 9.65 Å². The van der Waals surface area contributed by atoms with E-state index in [0.717, 1.165) is 27.8 Å². The second-order valence-corrected chi connectivity index (χ2v) is 5.75. The summed E-state index contributed by atoms with van der Waals surface area (Å²) in [6, 6.07) is 18.3. The highest BCUT2D eigenvalue weighted by molar-refractivity contribution is 5.87. The Morgan fingerprint density at radius 2 is 1.92 bits per heavy atom. The maximum Gasteiger partial charge on any atom is 0.163 e. The molecule has 4 aromatic rings. The number of halogens is 1. The molecule has 0 amide bonds. The maximum atomic E-state index is 13.6. The Morgan fingerprint density at radius 3 is 2.72 bits per heavy atom. The zero-order valence-electron chi connectivity index (χ0n) is 13.4. The standard InChI is InChI=1S/C20H13FN4/c1-13-10-15(7-8-17(13)21)19-11-16(12-22)24-25(19)18-6-2-4-14-5-3-9-23-20(14)18/h2-11H,1H3. The molecule has 4 rings (SSSR count). The first-order valence-electron chi connectivity index (χ1n) is 7.78. The van der Waals surface area contributed by atoms with Gasteiger partial charge in [-0.05, 0) is 42.8 Å². The molecule has 0 unspecified atom stereocenters. The molecule has 0 atom stereocenters. The minimum Gasteiger partial charge on any atom is -0.254 e. The van der Waals surface area contributed by atoms with Crippen LogP contribution >= 0.6 is 0 Å². The Hall–Kier alpha value is -3.52. The van der Waals surface area contributed by atoms with Crippen molar-refractivity contribution in [1.82, 2.24) is 14.8 Å². The molecule has 4 nitrogen and oxygen atoms in total. The summed E-state index contributed by atoms with van der Waals surface area (Å²) >= 11 is 0. The van der Waals surface area contributed by atoms with Gasteiger partial charge in [-0.3, -0.25) is 4.98 Å². The topological polar surface area (TPSA) is 54.5 Å². The molecule has 0 saturated heterocycles. The number of rotatable bonds is 2. The molecule has 120 valence electrons. The number of fused-ring (bicyclic) bond motifs is 1. The minimum absolute atomic E-state index is 0.262. The van der Waals surface area contributed by atoms with Crippen LogP contribution in [0.15, 0.2) is 60.8 Å². The number of nitriles is 1. The van der Waals surface area contributed by atoms with Crippen molar-refractivity contribution in [2.75, 3.05) is 0 Å². The summed E-state index contributed by atoms with van der Waals surface area (Å²) < 4.78 is 15.3. The molecular formula is C20H13FN4. The highest BCUT2D eigenvalue weighted by Crippen LogP contribution is 2.28. The Kier molecular flexibility index (Phi) is 3.51. The zero-order valence-corrected chi connectivity index (χ0v) is 13.4. The smallest absolute Gasteiger partial charge is 0.163 e. The van der Waals surface area contributed by atoms with Gasteiger partial charge < -0.3 is 0 Å². The van der Waals surface area contributed by atoms with Gasteiger partial charge in [0.05, 0.1) is 16.9 Å². The molecular weight excluding hydrogens is 315 g/mol. The van der Waals surface area contributed by atoms with E-state index in [2.05, 4.69) is 16.2 Å². The summed E-state index contributed by atoms with van der Waals surface area (Å²) in [4.78, 5) is 4.46. The number of aromatic nitrogens is 3. The van der Waals surface area contributed by atoms with Crippen molar-refractivity contribution < 1.29 is 4.39 Å². The minimum atomic E-state index is -0.262. The maximum absolute atomic E-state index is 13.6. The first-order chi connectivity index (χ1) is 12.2. The highest BCUT2D eigenvalue weighted by atomic mass is 19.1. The van der Waals surface area contributed by atoms with Crippen LogP contribution in [-0.4, -0.2) is 14.8 Å². The van der Waals surface area contributed by atoms with E-state index < -0.39 is 0 Å². The van der Waals surface area contributed by atoms with E-state index in [0.29, 0.717) is 11.3 Å². The molecule has 25 heavy (non-hydrogen) atoms. The van der Waals surface area contributed by atoms with Crippen LogP contribution in [0.25, 0.3) is 27.8 Å². The summed E-state index contributed by atoms with van der Waals surface area (Å²) in [5.41, 5.74) is 3.91. The lowest BCUT2D eigenvalue weighted by atomic mass is 10.1. The van der Waals surface area contributed by atoms with Gasteiger partial charge in [-0.2, -0.15) is 10.4 Å². The number of hydrogen-bond acceptors (Lipinski definition) is 3. The zero-order chi connectivity index (χ0) is 17.4. The number of nitrogens with zero attached hydrogens (tertiary/aromatic N) is 4. The fraction of sp³-hybridized carbons (Fsp3) is 0.0500. The Morgan fingerprint density at radius 1 is 1.08 bits per heavy atom. The molecule has 0 saturated carbocycles. The largest absolute Gasteiger partial charge is 0.254 e. The van der Waals surface area contributed by atoms with Crippen molar-refractivity contribution in [2.45, 2.75) is 6.92 Å². The van der Waals surface area contributed by atoms with Crippen LogP contribution in [0.1, 0.15) is 11.3 Å². The molecule has 0 aliphatic heterocycles. The van der Waals surface area contributed by atoms with Crippen LogP contribution in [0.3, 0.4) is 0 Å². The van der Waals surface area contributed by atoms with Gasteiger partial charge in [0.2, 0.25) is 0 Å². The van der Waals surface area contributed by atoms with Crippen molar-refractivity contribution in [3.05, 3.63) is 77.9 Å². The van der Waals surface area contributed by atoms with E-state index in [-0.39, 0.29) is 5.82 Å². The monoisotopic (exact) mass is 328 g/mol. The summed E-state index contributed by atoms with van der Waals surface area (Å²) in [6.45, 7) is 1.71. The third-order valence-electron chi connectivity index (χ3n) is 4.12. The lowest BCUT2D eigenvalue weighted by Crippen LogP contribution is -2.01. The number of hydrogen-bond donors (Lipinski definition) is 0. The van der Waals surface area contributed by atoms with Crippen molar-refractivity contribution in [2.24, 2.45) is 0 Å². The Labute approximate surface area is 143 Å². The normalized spacial score (nSPS) is 10.8. The fourth-order valence-corrected chi connectivity index (χ4v) is 2.89. The molecule has 2 aromatic heterocycles. The summed E-state index contributed by atoms with van der Waals surface area (Å²) in [6.07, 6.45) is 1.72. The molecule has 0 spiro atoms. The Bertz CT molecular complexity index is 1130. The van der Waals surface area contributed by atoms with Crippen LogP contribution in [0, 0.1) is 24.1 Å². The van der Waals surface area contributed by atoms with E-state index in [1.54, 1.807) is 36.0 Å². The molecule has 5 heteroatoms. The number of aryl methyl sites for hydroxylation is 1. The molecule has 0 bridgehead atoms. The molecule has 2 heterocycles. The van der Waals surface area contributed by atoms with Crippen molar-refractivity contribution in [3.63, 3.8) is 0 Å². The lowest BCUT2D eigenvalue weighted by molar-refractivity contribution is 0.618. The average molecular weight is 328 g/mol. The fourth-order valence-electron chi connectivity index (χ4n) is 2.89. The Balaban J connectivity index is 2.00. The first-order valence-corrected chi connectivity index (χ1v) is 7.78. The van der Waals surface area contributed by atoms with Gasteiger partial charge in [0.25, 0.3) is 0 Å². The van der Waals surface area contributed by atoms with Crippen LogP contribution < -0.4 is 0 Å². The summed E-state index contributed by atoms with van der Waals surface area (Å²) in [5.74, 6) is -0.262. The van der Waals surface area contributed by atoms with Gasteiger partial charge in [0, 0.05) is 23.2 Å². The van der Waals surface area contributed by atoms with E-state index >= 15 is 0 Å². The van der Waals surface area contributed by atoms with Crippen molar-refractivity contribution in [1.29, 1.82) is 5.26 Å². The predicted molar refractivity (Wildman–Crippen MR) is 93.7 cm³/mol. The predicted octanol–water partition coefficient (Wildman–Crippen LogP) is 4.41. The average Bonchev–Trinajstić information content (AvgIpc) is 3.08. The highest BCUT2D eigenvalue weighted by Gasteiger charge is 2.15. The van der Waals surface area contributed by atoms with Gasteiger partial charge in [0.1, 0.15) is 11.9 Å². The number of benzene rings is 2. The lowest BCUT2D eigenvalue weighted by Gasteiger charge is -2.10. The first kappa shape index (κ1) is 15.0. The number of pyridine rings is 1. The van der Waals surface area contributed by atoms with E-state index in [1.165, 1.54) is 6.07 Å². The van der Waals surface area contributed by atoms with E-state index in [4.69, 9.17) is 0 Å². The molecule has 0 aliphatic rings. The van der Waals surface area contributed by atoms with Gasteiger partial charge in [-0.25, -0.2) is 9.07 Å². The van der Waals surface area contributed by atoms with Crippen LogP contribution in [-0.2, 0) is 0 Å². The van der Waals surface area contributed by atoms with Crippen LogP contribution in [0.5, 0.6) is 0 Å². The second kappa shape index (κ2) is 5.84. The summed E-state index contributed by atoms with van der Waals surface area (Å²) in [7, 11) is 0. The molecule has 0 aliphatic carbocycles. The summed E-state index contributed by atoms with van der Waals surface area (Å²) in [5, 5.41) is 14.7. The second-order valence-electron chi connectivity index (χ2n) is 5.75. The quantitative estimate of drug-likeness (QED) is 0.548. The van der Waals surface area contributed by atoms with Crippen LogP contribution in [0.4, 0.5) is 4.39 Å². The van der Waals surface area contributed by atoms with Gasteiger partial charge in [-0.15, -0.1) is 0 Å². The molecule has 0 N–H and O–H groups in total. The third-order valence-corrected chi connectivity index (χ3v) is 4.12. The SMILES string of the molecule is Cc1cc(-c2cc(C#N)nn2-c2cccc3cccnc23)ccc1F. The molecule has 0 radical (unpaired) electrons.